The van der Waals surface area contributed by atoms with E-state index in [1.165, 1.54) is 0 Å². The van der Waals surface area contributed by atoms with Crippen LogP contribution in [0.4, 0.5) is 0 Å². The van der Waals surface area contributed by atoms with E-state index in [0.717, 1.165) is 0 Å². The first-order valence-electron chi connectivity index (χ1n) is 4.66. The Morgan fingerprint density at radius 1 is 1.29 bits per heavy atom. The molecule has 2 saturated heterocycles. The summed E-state index contributed by atoms with van der Waals surface area (Å²) in [7, 11) is 0. The standard InChI is InChI=1S/C9H16O5/c1-7(2)13-8(3)5-12-6(11)9(8,4-10)14-7/h6,10-11H,4-5H2,1-3H3/t6-,8-,9+/m0/s1. The van der Waals surface area contributed by atoms with E-state index in [9.17, 15) is 10.2 Å². The van der Waals surface area contributed by atoms with Crippen LogP contribution in [0.5, 0.6) is 0 Å². The van der Waals surface area contributed by atoms with E-state index in [1.54, 1.807) is 20.8 Å². The fraction of sp³-hybridized carbons (Fsp3) is 1.00. The molecule has 0 bridgehead atoms. The Balaban J connectivity index is 2.39. The minimum absolute atomic E-state index is 0.220. The van der Waals surface area contributed by atoms with Crippen molar-refractivity contribution in [1.82, 2.24) is 0 Å². The van der Waals surface area contributed by atoms with Crippen LogP contribution in [0.3, 0.4) is 0 Å². The molecule has 0 amide bonds. The third kappa shape index (κ3) is 1.07. The van der Waals surface area contributed by atoms with Crippen molar-refractivity contribution >= 4 is 0 Å². The normalized spacial score (nSPS) is 50.8. The Labute approximate surface area is 82.6 Å². The second kappa shape index (κ2) is 2.68. The molecule has 0 aromatic carbocycles. The molecular weight excluding hydrogens is 188 g/mol. The summed E-state index contributed by atoms with van der Waals surface area (Å²) in [6.45, 7) is 5.17. The summed E-state index contributed by atoms with van der Waals surface area (Å²) in [6.07, 6.45) is -1.14. The van der Waals surface area contributed by atoms with Gasteiger partial charge in [-0.1, -0.05) is 0 Å². The summed E-state index contributed by atoms with van der Waals surface area (Å²) in [5.74, 6) is -0.803. The van der Waals surface area contributed by atoms with Gasteiger partial charge in [-0.2, -0.15) is 0 Å². The molecule has 0 aliphatic carbocycles. The van der Waals surface area contributed by atoms with E-state index >= 15 is 0 Å². The minimum Gasteiger partial charge on any atom is -0.393 e. The number of hydrogen-bond donors (Lipinski definition) is 2. The zero-order valence-electron chi connectivity index (χ0n) is 8.61. The third-order valence-corrected chi connectivity index (χ3v) is 2.94. The van der Waals surface area contributed by atoms with Crippen LogP contribution >= 0.6 is 0 Å². The minimum atomic E-state index is -1.16. The summed E-state index contributed by atoms with van der Waals surface area (Å²) in [5.41, 5.74) is -1.94. The van der Waals surface area contributed by atoms with E-state index in [4.69, 9.17) is 14.2 Å². The maximum absolute atomic E-state index is 9.66. The smallest absolute Gasteiger partial charge is 0.189 e. The number of hydrogen-bond acceptors (Lipinski definition) is 5. The quantitative estimate of drug-likeness (QED) is 0.608. The van der Waals surface area contributed by atoms with Gasteiger partial charge < -0.3 is 24.4 Å². The van der Waals surface area contributed by atoms with Crippen molar-refractivity contribution in [2.24, 2.45) is 0 Å². The summed E-state index contributed by atoms with van der Waals surface area (Å²) >= 11 is 0. The Kier molecular flexibility index (Phi) is 1.97. The summed E-state index contributed by atoms with van der Waals surface area (Å²) in [6, 6.07) is 0. The maximum atomic E-state index is 9.66. The predicted molar refractivity (Wildman–Crippen MR) is 46.4 cm³/mol. The summed E-state index contributed by atoms with van der Waals surface area (Å²) in [5, 5.41) is 19.0. The van der Waals surface area contributed by atoms with Crippen molar-refractivity contribution in [3.8, 4) is 0 Å². The monoisotopic (exact) mass is 204 g/mol. The molecule has 82 valence electrons. The van der Waals surface area contributed by atoms with Gasteiger partial charge in [0.2, 0.25) is 0 Å². The highest BCUT2D eigenvalue weighted by Crippen LogP contribution is 2.50. The van der Waals surface area contributed by atoms with E-state index in [-0.39, 0.29) is 13.2 Å². The van der Waals surface area contributed by atoms with Crippen LogP contribution in [0.25, 0.3) is 0 Å². The van der Waals surface area contributed by atoms with Gasteiger partial charge in [0.05, 0.1) is 13.2 Å². The Hall–Kier alpha value is -0.200. The molecule has 5 heteroatoms. The molecule has 2 rings (SSSR count). The van der Waals surface area contributed by atoms with Gasteiger partial charge in [0.15, 0.2) is 17.7 Å². The Morgan fingerprint density at radius 3 is 2.43 bits per heavy atom. The molecule has 0 saturated carbocycles. The largest absolute Gasteiger partial charge is 0.393 e. The molecule has 5 nitrogen and oxygen atoms in total. The molecular formula is C9H16O5. The van der Waals surface area contributed by atoms with E-state index in [2.05, 4.69) is 0 Å². The van der Waals surface area contributed by atoms with Crippen LogP contribution in [-0.2, 0) is 14.2 Å². The van der Waals surface area contributed by atoms with Crippen LogP contribution in [0.1, 0.15) is 20.8 Å². The molecule has 3 atom stereocenters. The van der Waals surface area contributed by atoms with Crippen LogP contribution in [-0.4, -0.2) is 46.7 Å². The van der Waals surface area contributed by atoms with Crippen molar-refractivity contribution in [3.05, 3.63) is 0 Å². The molecule has 0 radical (unpaired) electrons. The predicted octanol–water partition coefficient (Wildman–Crippen LogP) is -0.392. The van der Waals surface area contributed by atoms with Gasteiger partial charge >= 0.3 is 0 Å². The van der Waals surface area contributed by atoms with Crippen molar-refractivity contribution in [3.63, 3.8) is 0 Å². The highest BCUT2D eigenvalue weighted by molar-refractivity contribution is 5.11. The van der Waals surface area contributed by atoms with Gasteiger partial charge in [-0.15, -0.1) is 0 Å². The lowest BCUT2D eigenvalue weighted by Crippen LogP contribution is -2.55. The Morgan fingerprint density at radius 2 is 1.93 bits per heavy atom. The maximum Gasteiger partial charge on any atom is 0.189 e. The molecule has 0 aromatic heterocycles. The first kappa shape index (κ1) is 10.3. The number of aliphatic hydroxyl groups is 2. The third-order valence-electron chi connectivity index (χ3n) is 2.94. The van der Waals surface area contributed by atoms with Gasteiger partial charge in [-0.05, 0) is 20.8 Å². The average Bonchev–Trinajstić information content (AvgIpc) is 2.41. The van der Waals surface area contributed by atoms with Gasteiger partial charge in [0.1, 0.15) is 5.60 Å². The number of rotatable bonds is 1. The molecule has 14 heavy (non-hydrogen) atoms. The van der Waals surface area contributed by atoms with Crippen LogP contribution in [0.15, 0.2) is 0 Å². The lowest BCUT2D eigenvalue weighted by Gasteiger charge is -2.31. The van der Waals surface area contributed by atoms with Crippen molar-refractivity contribution < 1.29 is 24.4 Å². The molecule has 2 aliphatic heterocycles. The molecule has 2 fully saturated rings. The first-order valence-corrected chi connectivity index (χ1v) is 4.66. The molecule has 0 aromatic rings. The summed E-state index contributed by atoms with van der Waals surface area (Å²) in [4.78, 5) is 0. The molecule has 0 unspecified atom stereocenters. The fourth-order valence-electron chi connectivity index (χ4n) is 2.31. The zero-order valence-corrected chi connectivity index (χ0v) is 8.61. The molecule has 2 heterocycles. The second-order valence-corrected chi connectivity index (χ2v) is 4.55. The summed E-state index contributed by atoms with van der Waals surface area (Å²) < 4.78 is 16.3. The van der Waals surface area contributed by atoms with Gasteiger partial charge in [-0.3, -0.25) is 0 Å². The van der Waals surface area contributed by atoms with Crippen LogP contribution < -0.4 is 0 Å². The first-order chi connectivity index (χ1) is 6.35. The fourth-order valence-corrected chi connectivity index (χ4v) is 2.31. The Bertz CT molecular complexity index is 254. The van der Waals surface area contributed by atoms with Crippen LogP contribution in [0.2, 0.25) is 0 Å². The number of aliphatic hydroxyl groups excluding tert-OH is 2. The average molecular weight is 204 g/mol. The highest BCUT2D eigenvalue weighted by Gasteiger charge is 2.69. The van der Waals surface area contributed by atoms with Crippen LogP contribution in [0, 0.1) is 0 Å². The van der Waals surface area contributed by atoms with E-state index in [1.807, 2.05) is 0 Å². The topological polar surface area (TPSA) is 68.2 Å². The second-order valence-electron chi connectivity index (χ2n) is 4.55. The van der Waals surface area contributed by atoms with E-state index in [0.29, 0.717) is 0 Å². The molecule has 2 N–H and O–H groups in total. The van der Waals surface area contributed by atoms with Crippen molar-refractivity contribution in [1.29, 1.82) is 0 Å². The zero-order chi connectivity index (χ0) is 10.6. The molecule has 0 spiro atoms. The molecule has 2 aliphatic rings. The lowest BCUT2D eigenvalue weighted by molar-refractivity contribution is -0.244. The highest BCUT2D eigenvalue weighted by atomic mass is 16.8. The number of ether oxygens (including phenoxy) is 3. The van der Waals surface area contributed by atoms with E-state index < -0.39 is 23.3 Å². The van der Waals surface area contributed by atoms with Crippen molar-refractivity contribution in [2.75, 3.05) is 13.2 Å². The number of fused-ring (bicyclic) bond motifs is 1. The lowest BCUT2D eigenvalue weighted by atomic mass is 9.87. The van der Waals surface area contributed by atoms with Crippen molar-refractivity contribution in [2.45, 2.75) is 44.1 Å². The van der Waals surface area contributed by atoms with Gasteiger partial charge in [-0.25, -0.2) is 0 Å². The SMILES string of the molecule is CC1(C)O[C@@]2(C)CO[C@H](O)[C@@]2(CO)O1. The van der Waals surface area contributed by atoms with Gasteiger partial charge in [0, 0.05) is 0 Å². The van der Waals surface area contributed by atoms with Gasteiger partial charge in [0.25, 0.3) is 0 Å².